The van der Waals surface area contributed by atoms with Crippen molar-refractivity contribution in [1.29, 1.82) is 0 Å². The lowest BCUT2D eigenvalue weighted by atomic mass is 9.82. The molecule has 146 valence electrons. The average molecular weight is 377 g/mol. The van der Waals surface area contributed by atoms with Crippen molar-refractivity contribution in [2.24, 2.45) is 5.92 Å². The molecule has 0 radical (unpaired) electrons. The first kappa shape index (κ1) is 21.0. The van der Waals surface area contributed by atoms with Gasteiger partial charge in [0.1, 0.15) is 11.9 Å². The Morgan fingerprint density at radius 3 is 2.35 bits per heavy atom. The van der Waals surface area contributed by atoms with Gasteiger partial charge in [0.05, 0.1) is 0 Å². The molecule has 0 saturated heterocycles. The van der Waals surface area contributed by atoms with Crippen LogP contribution in [0.2, 0.25) is 18.1 Å². The Hall–Kier alpha value is -1.29. The Morgan fingerprint density at radius 2 is 1.77 bits per heavy atom. The number of para-hydroxylation sites is 1. The lowest BCUT2D eigenvalue weighted by Gasteiger charge is -2.38. The molecule has 2 rings (SSSR count). The van der Waals surface area contributed by atoms with E-state index in [-0.39, 0.29) is 17.1 Å². The normalized spacial score (nSPS) is 17.6. The summed E-state index contributed by atoms with van der Waals surface area (Å²) in [5.74, 6) is 1.17. The van der Waals surface area contributed by atoms with Gasteiger partial charge in [-0.3, -0.25) is 4.79 Å². The van der Waals surface area contributed by atoms with Gasteiger partial charge in [-0.1, -0.05) is 65.2 Å². The number of esters is 1. The SMILES string of the molecule is CCC(=O)OC(c1ccccc1O[Si](C)(C)C(C)(C)C)C1CCCCC1. The van der Waals surface area contributed by atoms with Crippen LogP contribution in [0.25, 0.3) is 0 Å². The van der Waals surface area contributed by atoms with Crippen LogP contribution in [-0.2, 0) is 9.53 Å². The van der Waals surface area contributed by atoms with Gasteiger partial charge in [-0.2, -0.15) is 0 Å². The van der Waals surface area contributed by atoms with Gasteiger partial charge in [0, 0.05) is 17.9 Å². The molecule has 1 aromatic carbocycles. The van der Waals surface area contributed by atoms with Crippen molar-refractivity contribution in [2.45, 2.75) is 90.5 Å². The quantitative estimate of drug-likeness (QED) is 0.412. The summed E-state index contributed by atoms with van der Waals surface area (Å²) >= 11 is 0. The molecule has 1 aliphatic rings. The van der Waals surface area contributed by atoms with Crippen molar-refractivity contribution >= 4 is 14.3 Å². The molecule has 0 spiro atoms. The van der Waals surface area contributed by atoms with E-state index in [0.29, 0.717) is 12.3 Å². The summed E-state index contributed by atoms with van der Waals surface area (Å²) in [5.41, 5.74) is 1.05. The van der Waals surface area contributed by atoms with Gasteiger partial charge in [0.25, 0.3) is 0 Å². The Labute approximate surface area is 160 Å². The predicted octanol–water partition coefficient (Wildman–Crippen LogP) is 6.65. The average Bonchev–Trinajstić information content (AvgIpc) is 2.59. The molecule has 1 fully saturated rings. The molecule has 26 heavy (non-hydrogen) atoms. The molecule has 1 atom stereocenters. The van der Waals surface area contributed by atoms with Gasteiger partial charge in [0.15, 0.2) is 0 Å². The van der Waals surface area contributed by atoms with Gasteiger partial charge in [-0.25, -0.2) is 0 Å². The molecular formula is C22H36O3Si. The summed E-state index contributed by atoms with van der Waals surface area (Å²) < 4.78 is 12.6. The summed E-state index contributed by atoms with van der Waals surface area (Å²) in [6, 6.07) is 8.19. The third kappa shape index (κ3) is 5.12. The molecule has 0 N–H and O–H groups in total. The smallest absolute Gasteiger partial charge is 0.306 e. The number of hydrogen-bond acceptors (Lipinski definition) is 3. The Morgan fingerprint density at radius 1 is 1.15 bits per heavy atom. The van der Waals surface area contributed by atoms with E-state index in [0.717, 1.165) is 24.2 Å². The van der Waals surface area contributed by atoms with Gasteiger partial charge >= 0.3 is 5.97 Å². The minimum Gasteiger partial charge on any atom is -0.543 e. The predicted molar refractivity (Wildman–Crippen MR) is 110 cm³/mol. The molecule has 4 heteroatoms. The first-order chi connectivity index (χ1) is 12.2. The molecule has 1 unspecified atom stereocenters. The lowest BCUT2D eigenvalue weighted by Crippen LogP contribution is -2.44. The maximum Gasteiger partial charge on any atom is 0.306 e. The molecule has 1 saturated carbocycles. The van der Waals surface area contributed by atoms with Crippen molar-refractivity contribution in [3.63, 3.8) is 0 Å². The highest BCUT2D eigenvalue weighted by Crippen LogP contribution is 2.43. The van der Waals surface area contributed by atoms with Crippen LogP contribution < -0.4 is 4.43 Å². The van der Waals surface area contributed by atoms with Crippen molar-refractivity contribution in [2.75, 3.05) is 0 Å². The zero-order valence-electron chi connectivity index (χ0n) is 17.4. The number of carbonyl (C=O) groups is 1. The Balaban J connectivity index is 2.36. The van der Waals surface area contributed by atoms with Crippen molar-refractivity contribution in [3.05, 3.63) is 29.8 Å². The van der Waals surface area contributed by atoms with E-state index in [4.69, 9.17) is 9.16 Å². The molecule has 0 aliphatic heterocycles. The van der Waals surface area contributed by atoms with Crippen LogP contribution >= 0.6 is 0 Å². The van der Waals surface area contributed by atoms with Crippen LogP contribution in [0, 0.1) is 5.92 Å². The maximum absolute atomic E-state index is 12.1. The van der Waals surface area contributed by atoms with E-state index in [9.17, 15) is 4.79 Å². The molecular weight excluding hydrogens is 340 g/mol. The number of benzene rings is 1. The molecule has 3 nitrogen and oxygen atoms in total. The van der Waals surface area contributed by atoms with Crippen LogP contribution in [0.4, 0.5) is 0 Å². The highest BCUT2D eigenvalue weighted by atomic mass is 28.4. The van der Waals surface area contributed by atoms with Crippen LogP contribution in [0.5, 0.6) is 5.75 Å². The van der Waals surface area contributed by atoms with Gasteiger partial charge < -0.3 is 9.16 Å². The van der Waals surface area contributed by atoms with E-state index in [1.807, 2.05) is 25.1 Å². The summed E-state index contributed by atoms with van der Waals surface area (Å²) in [6.07, 6.45) is 6.18. The first-order valence-corrected chi connectivity index (χ1v) is 13.0. The second kappa shape index (κ2) is 8.60. The fourth-order valence-electron chi connectivity index (χ4n) is 3.31. The zero-order chi connectivity index (χ0) is 19.4. The molecule has 0 heterocycles. The molecule has 0 amide bonds. The van der Waals surface area contributed by atoms with E-state index in [2.05, 4.69) is 39.9 Å². The number of hydrogen-bond donors (Lipinski definition) is 0. The topological polar surface area (TPSA) is 35.5 Å². The van der Waals surface area contributed by atoms with Crippen LogP contribution in [-0.4, -0.2) is 14.3 Å². The third-order valence-corrected chi connectivity index (χ3v) is 10.4. The van der Waals surface area contributed by atoms with Crippen LogP contribution in [0.15, 0.2) is 24.3 Å². The van der Waals surface area contributed by atoms with Gasteiger partial charge in [-0.15, -0.1) is 0 Å². The van der Waals surface area contributed by atoms with E-state index >= 15 is 0 Å². The molecule has 0 bridgehead atoms. The van der Waals surface area contributed by atoms with Crippen molar-refractivity contribution in [3.8, 4) is 5.75 Å². The standard InChI is InChI=1S/C22H36O3Si/c1-7-20(23)24-21(17-13-9-8-10-14-17)18-15-11-12-16-19(18)25-26(5,6)22(2,3)4/h11-12,15-17,21H,7-10,13-14H2,1-6H3. The monoisotopic (exact) mass is 376 g/mol. The highest BCUT2D eigenvalue weighted by molar-refractivity contribution is 6.74. The Kier molecular flexibility index (Phi) is 6.95. The van der Waals surface area contributed by atoms with E-state index < -0.39 is 8.32 Å². The van der Waals surface area contributed by atoms with Crippen molar-refractivity contribution in [1.82, 2.24) is 0 Å². The summed E-state index contributed by atoms with van der Waals surface area (Å²) in [7, 11) is -1.96. The summed E-state index contributed by atoms with van der Waals surface area (Å²) in [6.45, 7) is 13.1. The molecule has 1 aliphatic carbocycles. The largest absolute Gasteiger partial charge is 0.543 e. The summed E-state index contributed by atoms with van der Waals surface area (Å²) in [5, 5.41) is 0.126. The van der Waals surface area contributed by atoms with E-state index in [1.54, 1.807) is 0 Å². The number of carbonyl (C=O) groups excluding carboxylic acids is 1. The van der Waals surface area contributed by atoms with Gasteiger partial charge in [-0.05, 0) is 37.0 Å². The minimum absolute atomic E-state index is 0.122. The van der Waals surface area contributed by atoms with E-state index in [1.165, 1.54) is 19.3 Å². The number of ether oxygens (including phenoxy) is 1. The molecule has 0 aromatic heterocycles. The lowest BCUT2D eigenvalue weighted by molar-refractivity contribution is -0.152. The first-order valence-electron chi connectivity index (χ1n) is 10.1. The minimum atomic E-state index is -1.96. The third-order valence-electron chi connectivity index (χ3n) is 6.02. The fraction of sp³-hybridized carbons (Fsp3) is 0.682. The fourth-order valence-corrected chi connectivity index (χ4v) is 4.35. The zero-order valence-corrected chi connectivity index (χ0v) is 18.4. The van der Waals surface area contributed by atoms with Crippen molar-refractivity contribution < 1.29 is 14.0 Å². The van der Waals surface area contributed by atoms with Gasteiger partial charge in [0.2, 0.25) is 8.32 Å². The second-order valence-corrected chi connectivity index (χ2v) is 13.8. The molecule has 1 aromatic rings. The second-order valence-electron chi connectivity index (χ2n) is 9.06. The number of rotatable bonds is 6. The van der Waals surface area contributed by atoms with Crippen LogP contribution in [0.3, 0.4) is 0 Å². The van der Waals surface area contributed by atoms with Crippen LogP contribution in [0.1, 0.15) is 77.9 Å². The highest BCUT2D eigenvalue weighted by Gasteiger charge is 2.40. The maximum atomic E-state index is 12.1. The Bertz CT molecular complexity index is 598. The summed E-state index contributed by atoms with van der Waals surface area (Å²) in [4.78, 5) is 12.1.